The van der Waals surface area contributed by atoms with E-state index in [0.717, 1.165) is 41.0 Å². The average Bonchev–Trinajstić information content (AvgIpc) is 2.93. The van der Waals surface area contributed by atoms with Crippen LogP contribution in [0.5, 0.6) is 5.75 Å². The number of ether oxygens (including phenoxy) is 1. The molecular formula is C15H21BrN4O. The Morgan fingerprint density at radius 2 is 2.19 bits per heavy atom. The van der Waals surface area contributed by atoms with Gasteiger partial charge in [0.1, 0.15) is 18.7 Å². The van der Waals surface area contributed by atoms with Crippen molar-refractivity contribution in [2.75, 3.05) is 0 Å². The van der Waals surface area contributed by atoms with Crippen LogP contribution in [0, 0.1) is 0 Å². The van der Waals surface area contributed by atoms with Crippen LogP contribution in [0.4, 0.5) is 0 Å². The highest BCUT2D eigenvalue weighted by Gasteiger charge is 2.10. The number of hydrogen-bond donors (Lipinski definition) is 1. The lowest BCUT2D eigenvalue weighted by molar-refractivity contribution is 0.283. The second-order valence-electron chi connectivity index (χ2n) is 4.91. The molecule has 21 heavy (non-hydrogen) atoms. The quantitative estimate of drug-likeness (QED) is 0.831. The molecule has 0 saturated heterocycles. The van der Waals surface area contributed by atoms with Gasteiger partial charge < -0.3 is 10.5 Å². The van der Waals surface area contributed by atoms with E-state index in [1.165, 1.54) is 0 Å². The summed E-state index contributed by atoms with van der Waals surface area (Å²) in [5.74, 6) is 1.68. The minimum atomic E-state index is 0.140. The molecular weight excluding hydrogens is 332 g/mol. The molecule has 2 N–H and O–H groups in total. The van der Waals surface area contributed by atoms with Crippen LogP contribution in [0.3, 0.4) is 0 Å². The Labute approximate surface area is 133 Å². The van der Waals surface area contributed by atoms with Crippen molar-refractivity contribution in [2.24, 2.45) is 5.73 Å². The van der Waals surface area contributed by atoms with Crippen molar-refractivity contribution < 1.29 is 4.74 Å². The molecule has 0 aliphatic rings. The molecule has 1 atom stereocenters. The van der Waals surface area contributed by atoms with E-state index in [1.807, 2.05) is 23.7 Å². The number of aryl methyl sites for hydroxylation is 1. The summed E-state index contributed by atoms with van der Waals surface area (Å²) >= 11 is 3.50. The van der Waals surface area contributed by atoms with Crippen molar-refractivity contribution in [3.05, 3.63) is 40.4 Å². The van der Waals surface area contributed by atoms with Crippen molar-refractivity contribution >= 4 is 15.9 Å². The molecule has 2 rings (SSSR count). The molecule has 0 aliphatic carbocycles. The molecule has 0 radical (unpaired) electrons. The molecule has 0 amide bonds. The van der Waals surface area contributed by atoms with E-state index >= 15 is 0 Å². The normalized spacial score (nSPS) is 12.4. The van der Waals surface area contributed by atoms with Crippen LogP contribution < -0.4 is 10.5 Å². The van der Waals surface area contributed by atoms with Crippen LogP contribution in [-0.4, -0.2) is 20.8 Å². The second kappa shape index (κ2) is 7.56. The smallest absolute Gasteiger partial charge is 0.164 e. The minimum absolute atomic E-state index is 0.140. The summed E-state index contributed by atoms with van der Waals surface area (Å²) in [5.41, 5.74) is 7.18. The van der Waals surface area contributed by atoms with Gasteiger partial charge in [-0.25, -0.2) is 9.67 Å². The van der Waals surface area contributed by atoms with E-state index in [4.69, 9.17) is 10.5 Å². The summed E-state index contributed by atoms with van der Waals surface area (Å²) in [7, 11) is 0. The maximum Gasteiger partial charge on any atom is 0.164 e. The zero-order chi connectivity index (χ0) is 15.2. The van der Waals surface area contributed by atoms with Crippen LogP contribution in [0.2, 0.25) is 0 Å². The third-order valence-electron chi connectivity index (χ3n) is 3.38. The van der Waals surface area contributed by atoms with Crippen LogP contribution in [-0.2, 0) is 19.6 Å². The number of nitrogens with two attached hydrogens (primary N) is 1. The first-order valence-corrected chi connectivity index (χ1v) is 7.96. The Kier molecular flexibility index (Phi) is 5.76. The maximum absolute atomic E-state index is 6.06. The van der Waals surface area contributed by atoms with Gasteiger partial charge in [0.2, 0.25) is 0 Å². The Bertz CT molecular complexity index is 585. The fourth-order valence-electron chi connectivity index (χ4n) is 2.08. The van der Waals surface area contributed by atoms with E-state index in [9.17, 15) is 0 Å². The van der Waals surface area contributed by atoms with Gasteiger partial charge in [0.25, 0.3) is 0 Å². The summed E-state index contributed by atoms with van der Waals surface area (Å²) in [6, 6.07) is 6.14. The molecule has 1 heterocycles. The standard InChI is InChI=1S/C15H21BrN4O/c1-3-13(17)8-11-7-12(16)5-6-14(11)21-9-15-18-10-19-20(15)4-2/h5-7,10,13H,3-4,8-9,17H2,1-2H3. The summed E-state index contributed by atoms with van der Waals surface area (Å²) in [5, 5.41) is 4.14. The molecule has 5 nitrogen and oxygen atoms in total. The molecule has 0 fully saturated rings. The molecule has 0 aliphatic heterocycles. The van der Waals surface area contributed by atoms with Gasteiger partial charge in [0.05, 0.1) is 0 Å². The van der Waals surface area contributed by atoms with Gasteiger partial charge in [-0.3, -0.25) is 0 Å². The first-order chi connectivity index (χ1) is 10.1. The van der Waals surface area contributed by atoms with E-state index in [1.54, 1.807) is 6.33 Å². The van der Waals surface area contributed by atoms with Crippen molar-refractivity contribution in [3.63, 3.8) is 0 Å². The number of aromatic nitrogens is 3. The zero-order valence-electron chi connectivity index (χ0n) is 12.4. The first kappa shape index (κ1) is 16.0. The second-order valence-corrected chi connectivity index (χ2v) is 5.82. The Hall–Kier alpha value is -1.40. The van der Waals surface area contributed by atoms with Gasteiger partial charge in [0, 0.05) is 17.1 Å². The lowest BCUT2D eigenvalue weighted by atomic mass is 10.0. The molecule has 0 bridgehead atoms. The van der Waals surface area contributed by atoms with Gasteiger partial charge in [-0.05, 0) is 43.5 Å². The Morgan fingerprint density at radius 3 is 2.90 bits per heavy atom. The van der Waals surface area contributed by atoms with E-state index in [0.29, 0.717) is 6.61 Å². The first-order valence-electron chi connectivity index (χ1n) is 7.17. The number of halogens is 1. The fourth-order valence-corrected chi connectivity index (χ4v) is 2.49. The predicted octanol–water partition coefficient (Wildman–Crippen LogP) is 2.92. The van der Waals surface area contributed by atoms with Crippen molar-refractivity contribution in [3.8, 4) is 5.75 Å². The lowest BCUT2D eigenvalue weighted by Gasteiger charge is -2.15. The van der Waals surface area contributed by atoms with E-state index in [2.05, 4.69) is 39.0 Å². The van der Waals surface area contributed by atoms with Crippen LogP contribution in [0.15, 0.2) is 29.0 Å². The van der Waals surface area contributed by atoms with Crippen molar-refractivity contribution in [1.82, 2.24) is 14.8 Å². The van der Waals surface area contributed by atoms with Gasteiger partial charge >= 0.3 is 0 Å². The molecule has 1 aromatic carbocycles. The number of benzene rings is 1. The monoisotopic (exact) mass is 352 g/mol. The van der Waals surface area contributed by atoms with E-state index < -0.39 is 0 Å². The third kappa shape index (κ3) is 4.28. The topological polar surface area (TPSA) is 66.0 Å². The summed E-state index contributed by atoms with van der Waals surface area (Å²) < 4.78 is 8.79. The molecule has 6 heteroatoms. The van der Waals surface area contributed by atoms with Crippen LogP contribution in [0.25, 0.3) is 0 Å². The fraction of sp³-hybridized carbons (Fsp3) is 0.467. The highest BCUT2D eigenvalue weighted by atomic mass is 79.9. The largest absolute Gasteiger partial charge is 0.485 e. The molecule has 114 valence electrons. The van der Waals surface area contributed by atoms with Crippen molar-refractivity contribution in [2.45, 2.75) is 45.9 Å². The lowest BCUT2D eigenvalue weighted by Crippen LogP contribution is -2.21. The van der Waals surface area contributed by atoms with Gasteiger partial charge in [-0.15, -0.1) is 0 Å². The van der Waals surface area contributed by atoms with Gasteiger partial charge in [-0.2, -0.15) is 5.10 Å². The Balaban J connectivity index is 2.12. The summed E-state index contributed by atoms with van der Waals surface area (Å²) in [6.07, 6.45) is 3.29. The summed E-state index contributed by atoms with van der Waals surface area (Å²) in [6.45, 7) is 5.31. The highest BCUT2D eigenvalue weighted by molar-refractivity contribution is 9.10. The zero-order valence-corrected chi connectivity index (χ0v) is 14.0. The molecule has 1 unspecified atom stereocenters. The van der Waals surface area contributed by atoms with Gasteiger partial charge in [-0.1, -0.05) is 22.9 Å². The SMILES string of the molecule is CCC(N)Cc1cc(Br)ccc1OCc1ncnn1CC. The molecule has 1 aromatic heterocycles. The van der Waals surface area contributed by atoms with E-state index in [-0.39, 0.29) is 6.04 Å². The van der Waals surface area contributed by atoms with Crippen LogP contribution in [0.1, 0.15) is 31.7 Å². The third-order valence-corrected chi connectivity index (χ3v) is 3.87. The maximum atomic E-state index is 6.06. The number of nitrogens with zero attached hydrogens (tertiary/aromatic N) is 3. The molecule has 0 spiro atoms. The predicted molar refractivity (Wildman–Crippen MR) is 86.1 cm³/mol. The molecule has 0 saturated carbocycles. The number of rotatable bonds is 7. The Morgan fingerprint density at radius 1 is 1.38 bits per heavy atom. The van der Waals surface area contributed by atoms with Crippen LogP contribution >= 0.6 is 15.9 Å². The molecule has 2 aromatic rings. The average molecular weight is 353 g/mol. The van der Waals surface area contributed by atoms with Crippen molar-refractivity contribution in [1.29, 1.82) is 0 Å². The number of hydrogen-bond acceptors (Lipinski definition) is 4. The van der Waals surface area contributed by atoms with Gasteiger partial charge in [0.15, 0.2) is 5.82 Å². The summed E-state index contributed by atoms with van der Waals surface area (Å²) in [4.78, 5) is 4.22. The highest BCUT2D eigenvalue weighted by Crippen LogP contribution is 2.25. The minimum Gasteiger partial charge on any atom is -0.485 e.